The largest absolute Gasteiger partial charge is 0.444 e. The molecular weight excluding hydrogens is 482 g/mol. The molecule has 0 spiro atoms. The Morgan fingerprint density at radius 2 is 1.64 bits per heavy atom. The molecule has 0 atom stereocenters. The first-order valence-corrected chi connectivity index (χ1v) is 11.9. The Morgan fingerprint density at radius 3 is 2.22 bits per heavy atom. The molecule has 2 N–H and O–H groups in total. The van der Waals surface area contributed by atoms with E-state index in [-0.39, 0.29) is 34.2 Å². The fourth-order valence-electron chi connectivity index (χ4n) is 3.39. The molecule has 1 amide bonds. The molecular formula is C26H25N3O6S. The molecule has 0 heterocycles. The van der Waals surface area contributed by atoms with Crippen molar-refractivity contribution >= 4 is 41.0 Å². The predicted octanol–water partition coefficient (Wildman–Crippen LogP) is 5.29. The Bertz CT molecular complexity index is 1270. The van der Waals surface area contributed by atoms with Crippen LogP contribution in [0.1, 0.15) is 45.7 Å². The van der Waals surface area contributed by atoms with Gasteiger partial charge in [-0.25, -0.2) is 9.10 Å². The Hall–Kier alpha value is -4.18. The van der Waals surface area contributed by atoms with E-state index >= 15 is 0 Å². The molecule has 3 rings (SSSR count). The third kappa shape index (κ3) is 6.70. The molecule has 3 aromatic rings. The summed E-state index contributed by atoms with van der Waals surface area (Å²) in [4.78, 5) is 50.2. The molecule has 186 valence electrons. The standard InChI is InChI=1S/C26H25N3O6S/c1-17(2)36-28(26(32)35-16-18-9-5-3-6-10-18)15-23(30)24-21(13-20(29(33)34)14-22(24)27)25(31)19-11-7-4-8-12-19/h3-14,17H,15-16,27H2,1-2H3. The van der Waals surface area contributed by atoms with Gasteiger partial charge >= 0.3 is 6.09 Å². The van der Waals surface area contributed by atoms with Gasteiger partial charge in [0.15, 0.2) is 11.6 Å². The SMILES string of the molecule is CC(C)SN(CC(=O)c1c(N)cc([N+](=O)[O-])cc1C(=O)c1ccccc1)C(=O)OCc1ccccc1. The van der Waals surface area contributed by atoms with E-state index in [1.807, 2.05) is 32.0 Å². The number of ether oxygens (including phenoxy) is 1. The van der Waals surface area contributed by atoms with Gasteiger partial charge in [0.25, 0.3) is 5.69 Å². The number of rotatable bonds is 10. The van der Waals surface area contributed by atoms with E-state index < -0.39 is 34.8 Å². The van der Waals surface area contributed by atoms with Gasteiger partial charge in [0.1, 0.15) is 6.61 Å². The van der Waals surface area contributed by atoms with E-state index in [9.17, 15) is 24.5 Å². The highest BCUT2D eigenvalue weighted by Gasteiger charge is 2.29. The number of benzene rings is 3. The maximum atomic E-state index is 13.4. The number of amides is 1. The summed E-state index contributed by atoms with van der Waals surface area (Å²) in [5, 5.41) is 11.3. The van der Waals surface area contributed by atoms with Gasteiger partial charge < -0.3 is 10.5 Å². The third-order valence-corrected chi connectivity index (χ3v) is 5.91. The van der Waals surface area contributed by atoms with Gasteiger partial charge in [0.05, 0.1) is 22.7 Å². The van der Waals surface area contributed by atoms with Crippen LogP contribution < -0.4 is 5.73 Å². The van der Waals surface area contributed by atoms with E-state index in [0.717, 1.165) is 33.9 Å². The number of carbonyl (C=O) groups is 3. The highest BCUT2D eigenvalue weighted by molar-refractivity contribution is 7.98. The second-order valence-electron chi connectivity index (χ2n) is 8.06. The molecule has 0 fully saturated rings. The van der Waals surface area contributed by atoms with Gasteiger partial charge in [0.2, 0.25) is 0 Å². The molecule has 36 heavy (non-hydrogen) atoms. The van der Waals surface area contributed by atoms with Crippen LogP contribution in [0.5, 0.6) is 0 Å². The van der Waals surface area contributed by atoms with Crippen LogP contribution in [0.3, 0.4) is 0 Å². The fraction of sp³-hybridized carbons (Fsp3) is 0.192. The highest BCUT2D eigenvalue weighted by atomic mass is 32.2. The Kier molecular flexibility index (Phi) is 8.80. The third-order valence-electron chi connectivity index (χ3n) is 4.96. The summed E-state index contributed by atoms with van der Waals surface area (Å²) in [5.74, 6) is -1.24. The van der Waals surface area contributed by atoms with Crippen LogP contribution in [-0.2, 0) is 11.3 Å². The van der Waals surface area contributed by atoms with Gasteiger partial charge in [-0.05, 0) is 17.5 Å². The number of non-ortho nitro benzene ring substituents is 1. The number of hydrogen-bond donors (Lipinski definition) is 1. The van der Waals surface area contributed by atoms with Gasteiger partial charge in [-0.15, -0.1) is 0 Å². The summed E-state index contributed by atoms with van der Waals surface area (Å²) in [6, 6.07) is 19.2. The van der Waals surface area contributed by atoms with Crippen molar-refractivity contribution in [2.75, 3.05) is 12.3 Å². The zero-order valence-electron chi connectivity index (χ0n) is 19.7. The van der Waals surface area contributed by atoms with Crippen molar-refractivity contribution in [3.63, 3.8) is 0 Å². The maximum absolute atomic E-state index is 13.4. The summed E-state index contributed by atoms with van der Waals surface area (Å²) in [5.41, 5.74) is 6.04. The molecule has 0 saturated carbocycles. The van der Waals surface area contributed by atoms with E-state index in [1.54, 1.807) is 30.3 Å². The number of nitro groups is 1. The normalized spacial score (nSPS) is 10.6. The number of carbonyl (C=O) groups excluding carboxylic acids is 3. The Morgan fingerprint density at radius 1 is 1.03 bits per heavy atom. The van der Waals surface area contributed by atoms with Crippen molar-refractivity contribution in [1.82, 2.24) is 4.31 Å². The minimum atomic E-state index is -0.734. The number of Topliss-reactive ketones (excluding diaryl/α,β-unsaturated/α-hetero) is 1. The average Bonchev–Trinajstić information content (AvgIpc) is 2.86. The Balaban J connectivity index is 1.92. The van der Waals surface area contributed by atoms with Crippen molar-refractivity contribution in [3.05, 3.63) is 105 Å². The van der Waals surface area contributed by atoms with Crippen LogP contribution in [0.2, 0.25) is 0 Å². The summed E-state index contributed by atoms with van der Waals surface area (Å²) in [7, 11) is 0. The summed E-state index contributed by atoms with van der Waals surface area (Å²) in [6.07, 6.45) is -0.734. The lowest BCUT2D eigenvalue weighted by Crippen LogP contribution is -2.33. The zero-order valence-corrected chi connectivity index (χ0v) is 20.6. The number of hydrogen-bond acceptors (Lipinski definition) is 8. The molecule has 3 aromatic carbocycles. The average molecular weight is 508 g/mol. The molecule has 0 aliphatic rings. The molecule has 0 bridgehead atoms. The Labute approximate surface area is 212 Å². The molecule has 0 aliphatic carbocycles. The summed E-state index contributed by atoms with van der Waals surface area (Å²) in [6.45, 7) is 3.25. The second-order valence-corrected chi connectivity index (χ2v) is 9.66. The molecule has 0 aliphatic heterocycles. The summed E-state index contributed by atoms with van der Waals surface area (Å²) < 4.78 is 6.54. The van der Waals surface area contributed by atoms with E-state index in [4.69, 9.17) is 10.5 Å². The van der Waals surface area contributed by atoms with Gasteiger partial charge in [-0.2, -0.15) is 0 Å². The maximum Gasteiger partial charge on any atom is 0.420 e. The monoisotopic (exact) mass is 507 g/mol. The van der Waals surface area contributed by atoms with Crippen LogP contribution in [0.25, 0.3) is 0 Å². The number of nitro benzene ring substituents is 1. The predicted molar refractivity (Wildman–Crippen MR) is 138 cm³/mol. The second kappa shape index (κ2) is 12.0. The lowest BCUT2D eigenvalue weighted by Gasteiger charge is -2.23. The summed E-state index contributed by atoms with van der Waals surface area (Å²) >= 11 is 1.09. The number of nitrogens with zero attached hydrogens (tertiary/aromatic N) is 2. The van der Waals surface area contributed by atoms with E-state index in [2.05, 4.69) is 0 Å². The molecule has 0 radical (unpaired) electrons. The van der Waals surface area contributed by atoms with Gasteiger partial charge in [0, 0.05) is 28.5 Å². The van der Waals surface area contributed by atoms with Crippen LogP contribution >= 0.6 is 11.9 Å². The topological polar surface area (TPSA) is 133 Å². The van der Waals surface area contributed by atoms with E-state index in [0.29, 0.717) is 0 Å². The van der Waals surface area contributed by atoms with Crippen LogP contribution in [0.15, 0.2) is 72.8 Å². The first-order chi connectivity index (χ1) is 17.2. The highest BCUT2D eigenvalue weighted by Crippen LogP contribution is 2.29. The molecule has 9 nitrogen and oxygen atoms in total. The van der Waals surface area contributed by atoms with Crippen molar-refractivity contribution in [1.29, 1.82) is 0 Å². The van der Waals surface area contributed by atoms with Crippen molar-refractivity contribution in [3.8, 4) is 0 Å². The number of anilines is 1. The lowest BCUT2D eigenvalue weighted by atomic mass is 9.94. The number of ketones is 2. The van der Waals surface area contributed by atoms with Crippen molar-refractivity contribution < 1.29 is 24.0 Å². The van der Waals surface area contributed by atoms with Crippen LogP contribution in [0, 0.1) is 10.1 Å². The first-order valence-electron chi connectivity index (χ1n) is 11.0. The van der Waals surface area contributed by atoms with E-state index in [1.165, 1.54) is 12.1 Å². The number of nitrogen functional groups attached to an aromatic ring is 1. The van der Waals surface area contributed by atoms with Crippen LogP contribution in [0.4, 0.5) is 16.2 Å². The minimum Gasteiger partial charge on any atom is -0.444 e. The molecule has 10 heteroatoms. The van der Waals surface area contributed by atoms with Crippen molar-refractivity contribution in [2.24, 2.45) is 0 Å². The van der Waals surface area contributed by atoms with Gasteiger partial charge in [-0.3, -0.25) is 19.7 Å². The zero-order chi connectivity index (χ0) is 26.2. The van der Waals surface area contributed by atoms with Gasteiger partial charge in [-0.1, -0.05) is 74.5 Å². The molecule has 0 aromatic heterocycles. The first kappa shape index (κ1) is 26.4. The smallest absolute Gasteiger partial charge is 0.420 e. The molecule has 0 saturated heterocycles. The fourth-order valence-corrected chi connectivity index (χ4v) is 4.23. The lowest BCUT2D eigenvalue weighted by molar-refractivity contribution is -0.384. The quantitative estimate of drug-likeness (QED) is 0.129. The number of nitrogens with two attached hydrogens (primary N) is 1. The van der Waals surface area contributed by atoms with Crippen LogP contribution in [-0.4, -0.2) is 38.7 Å². The van der Waals surface area contributed by atoms with Crippen molar-refractivity contribution in [2.45, 2.75) is 25.7 Å². The minimum absolute atomic E-state index is 0.0143. The molecule has 0 unspecified atom stereocenters.